The number of halogens is 2. The maximum Gasteiger partial charge on any atom is 0.129 e. The Morgan fingerprint density at radius 3 is 2.96 bits per heavy atom. The highest BCUT2D eigenvalue weighted by Crippen LogP contribution is 2.24. The molecular weight excluding hydrogens is 300 g/mol. The Labute approximate surface area is 134 Å². The van der Waals surface area contributed by atoms with E-state index in [1.807, 2.05) is 16.9 Å². The van der Waals surface area contributed by atoms with Gasteiger partial charge in [-0.1, -0.05) is 6.42 Å². The fraction of sp³-hybridized carbons (Fsp3) is 0.471. The van der Waals surface area contributed by atoms with Crippen LogP contribution in [0.5, 0.6) is 0 Å². The average Bonchev–Trinajstić information content (AvgIpc) is 3.04. The average molecular weight is 321 g/mol. The molecule has 6 heteroatoms. The van der Waals surface area contributed by atoms with E-state index in [0.717, 1.165) is 50.6 Å². The van der Waals surface area contributed by atoms with Gasteiger partial charge in [-0.15, -0.1) is 0 Å². The number of aliphatic hydroxyl groups is 1. The first kappa shape index (κ1) is 16.1. The first-order chi connectivity index (χ1) is 11.1. The maximum absolute atomic E-state index is 13.8. The highest BCUT2D eigenvalue weighted by atomic mass is 19.1. The normalized spacial score (nSPS) is 20.6. The second kappa shape index (κ2) is 7.19. The van der Waals surface area contributed by atoms with Crippen molar-refractivity contribution < 1.29 is 13.9 Å². The van der Waals surface area contributed by atoms with Crippen LogP contribution in [0.15, 0.2) is 36.7 Å². The lowest BCUT2D eigenvalue weighted by atomic mass is 10.00. The Balaban J connectivity index is 1.69. The van der Waals surface area contributed by atoms with E-state index >= 15 is 0 Å². The van der Waals surface area contributed by atoms with Gasteiger partial charge in [0.05, 0.1) is 12.6 Å². The van der Waals surface area contributed by atoms with E-state index in [1.54, 1.807) is 6.20 Å². The summed E-state index contributed by atoms with van der Waals surface area (Å²) in [6.07, 6.45) is 5.81. The van der Waals surface area contributed by atoms with Gasteiger partial charge in [-0.2, -0.15) is 5.10 Å². The topological polar surface area (TPSA) is 41.3 Å². The number of hydrogen-bond acceptors (Lipinski definition) is 3. The Morgan fingerprint density at radius 2 is 2.17 bits per heavy atom. The Kier molecular flexibility index (Phi) is 5.03. The van der Waals surface area contributed by atoms with Crippen LogP contribution in [0.4, 0.5) is 8.78 Å². The summed E-state index contributed by atoms with van der Waals surface area (Å²) in [5.41, 5.74) is 0.0217. The molecule has 1 aliphatic heterocycles. The largest absolute Gasteiger partial charge is 0.387 e. The van der Waals surface area contributed by atoms with E-state index < -0.39 is 17.7 Å². The number of β-amino-alcohol motifs (C(OH)–C–C–N with tert-alkyl or cyclic N) is 1. The maximum atomic E-state index is 13.8. The molecule has 0 unspecified atom stereocenters. The molecule has 1 fully saturated rings. The minimum Gasteiger partial charge on any atom is -0.387 e. The predicted molar refractivity (Wildman–Crippen MR) is 82.8 cm³/mol. The molecule has 124 valence electrons. The molecule has 0 radical (unpaired) electrons. The van der Waals surface area contributed by atoms with Crippen LogP contribution in [0.2, 0.25) is 0 Å². The quantitative estimate of drug-likeness (QED) is 0.921. The molecule has 1 aliphatic rings. The molecule has 0 spiro atoms. The minimum absolute atomic E-state index is 0.0217. The zero-order chi connectivity index (χ0) is 16.2. The van der Waals surface area contributed by atoms with Crippen LogP contribution >= 0.6 is 0 Å². The smallest absolute Gasteiger partial charge is 0.129 e. The third kappa shape index (κ3) is 3.95. The Morgan fingerprint density at radius 1 is 1.30 bits per heavy atom. The van der Waals surface area contributed by atoms with Gasteiger partial charge in [-0.25, -0.2) is 8.78 Å². The van der Waals surface area contributed by atoms with Crippen LogP contribution in [-0.4, -0.2) is 38.9 Å². The van der Waals surface area contributed by atoms with Crippen molar-refractivity contribution >= 4 is 0 Å². The Bertz CT molecular complexity index is 633. The van der Waals surface area contributed by atoms with Crippen LogP contribution < -0.4 is 0 Å². The second-order valence-electron chi connectivity index (χ2n) is 6.05. The number of hydrogen-bond donors (Lipinski definition) is 1. The minimum atomic E-state index is -1.04. The van der Waals surface area contributed by atoms with Crippen molar-refractivity contribution in [1.29, 1.82) is 0 Å². The van der Waals surface area contributed by atoms with Gasteiger partial charge in [0.15, 0.2) is 0 Å². The SMILES string of the molecule is O[C@@H](CN1CCCC[C@H]1Cn1cccn1)c1cc(F)ccc1F. The van der Waals surface area contributed by atoms with Gasteiger partial charge in [0, 0.05) is 30.5 Å². The molecule has 2 atom stereocenters. The van der Waals surface area contributed by atoms with Crippen molar-refractivity contribution in [3.05, 3.63) is 53.9 Å². The van der Waals surface area contributed by atoms with Gasteiger partial charge in [-0.3, -0.25) is 9.58 Å². The van der Waals surface area contributed by atoms with Gasteiger partial charge in [0.25, 0.3) is 0 Å². The van der Waals surface area contributed by atoms with Crippen molar-refractivity contribution in [3.8, 4) is 0 Å². The molecule has 0 saturated carbocycles. The molecular formula is C17H21F2N3O. The molecule has 2 heterocycles. The van der Waals surface area contributed by atoms with Crippen molar-refractivity contribution in [1.82, 2.24) is 14.7 Å². The molecule has 1 N–H and O–H groups in total. The van der Waals surface area contributed by atoms with Crippen LogP contribution in [0.25, 0.3) is 0 Å². The summed E-state index contributed by atoms with van der Waals surface area (Å²) in [4.78, 5) is 2.15. The van der Waals surface area contributed by atoms with Crippen LogP contribution in [0.1, 0.15) is 30.9 Å². The van der Waals surface area contributed by atoms with E-state index in [1.165, 1.54) is 0 Å². The van der Waals surface area contributed by atoms with Crippen LogP contribution in [-0.2, 0) is 6.54 Å². The number of rotatable bonds is 5. The summed E-state index contributed by atoms with van der Waals surface area (Å²) in [5, 5.41) is 14.6. The van der Waals surface area contributed by atoms with Gasteiger partial charge < -0.3 is 5.11 Å². The zero-order valence-electron chi connectivity index (χ0n) is 12.9. The van der Waals surface area contributed by atoms with E-state index in [-0.39, 0.29) is 11.6 Å². The van der Waals surface area contributed by atoms with Crippen molar-refractivity contribution in [2.24, 2.45) is 0 Å². The van der Waals surface area contributed by atoms with E-state index in [0.29, 0.717) is 6.54 Å². The molecule has 1 aromatic carbocycles. The van der Waals surface area contributed by atoms with Crippen molar-refractivity contribution in [2.45, 2.75) is 38.0 Å². The summed E-state index contributed by atoms with van der Waals surface area (Å²) in [6, 6.07) is 5.32. The number of aromatic nitrogens is 2. The standard InChI is InChI=1S/C17H21F2N3O/c18-13-5-6-16(19)15(10-13)17(23)12-21-8-2-1-4-14(21)11-22-9-3-7-20-22/h3,5-7,9-10,14,17,23H,1-2,4,8,11-12H2/t14-,17-/m0/s1. The number of piperidine rings is 1. The lowest BCUT2D eigenvalue weighted by Gasteiger charge is -2.37. The number of nitrogens with zero attached hydrogens (tertiary/aromatic N) is 3. The highest BCUT2D eigenvalue weighted by molar-refractivity contribution is 5.21. The lowest BCUT2D eigenvalue weighted by molar-refractivity contribution is 0.0573. The van der Waals surface area contributed by atoms with E-state index in [9.17, 15) is 13.9 Å². The van der Waals surface area contributed by atoms with Crippen molar-refractivity contribution in [3.63, 3.8) is 0 Å². The summed E-state index contributed by atoms with van der Waals surface area (Å²) in [6.45, 7) is 1.89. The second-order valence-corrected chi connectivity index (χ2v) is 6.05. The van der Waals surface area contributed by atoms with E-state index in [4.69, 9.17) is 0 Å². The lowest BCUT2D eigenvalue weighted by Crippen LogP contribution is -2.44. The fourth-order valence-electron chi connectivity index (χ4n) is 3.22. The van der Waals surface area contributed by atoms with Gasteiger partial charge in [-0.05, 0) is 43.7 Å². The molecule has 3 rings (SSSR count). The molecule has 23 heavy (non-hydrogen) atoms. The molecule has 1 aromatic heterocycles. The van der Waals surface area contributed by atoms with Gasteiger partial charge in [0.2, 0.25) is 0 Å². The number of likely N-dealkylation sites (tertiary alicyclic amines) is 1. The summed E-state index contributed by atoms with van der Waals surface area (Å²) >= 11 is 0. The zero-order valence-corrected chi connectivity index (χ0v) is 12.9. The van der Waals surface area contributed by atoms with Gasteiger partial charge >= 0.3 is 0 Å². The highest BCUT2D eigenvalue weighted by Gasteiger charge is 2.26. The number of aliphatic hydroxyl groups excluding tert-OH is 1. The van der Waals surface area contributed by atoms with Gasteiger partial charge in [0.1, 0.15) is 11.6 Å². The third-order valence-corrected chi connectivity index (χ3v) is 4.43. The summed E-state index contributed by atoms with van der Waals surface area (Å²) in [5.74, 6) is -1.10. The molecule has 4 nitrogen and oxygen atoms in total. The summed E-state index contributed by atoms with van der Waals surface area (Å²) < 4.78 is 29.0. The molecule has 1 saturated heterocycles. The summed E-state index contributed by atoms with van der Waals surface area (Å²) in [7, 11) is 0. The van der Waals surface area contributed by atoms with E-state index in [2.05, 4.69) is 10.00 Å². The first-order valence-corrected chi connectivity index (χ1v) is 7.98. The fourth-order valence-corrected chi connectivity index (χ4v) is 3.22. The monoisotopic (exact) mass is 321 g/mol. The predicted octanol–water partition coefficient (Wildman–Crippen LogP) is 2.75. The molecule has 2 aromatic rings. The van der Waals surface area contributed by atoms with Crippen LogP contribution in [0.3, 0.4) is 0 Å². The molecule has 0 aliphatic carbocycles. The van der Waals surface area contributed by atoms with Crippen LogP contribution in [0, 0.1) is 11.6 Å². The third-order valence-electron chi connectivity index (χ3n) is 4.43. The molecule has 0 bridgehead atoms. The van der Waals surface area contributed by atoms with Crippen molar-refractivity contribution in [2.75, 3.05) is 13.1 Å². The number of benzene rings is 1. The first-order valence-electron chi connectivity index (χ1n) is 7.98. The molecule has 0 amide bonds. The Hall–Kier alpha value is -1.79.